The first-order chi connectivity index (χ1) is 35.3. The summed E-state index contributed by atoms with van der Waals surface area (Å²) in [5.41, 5.74) is 5.21. The summed E-state index contributed by atoms with van der Waals surface area (Å²) >= 11 is 0. The lowest BCUT2D eigenvalue weighted by atomic mass is 9.91. The first-order valence-electron chi connectivity index (χ1n) is 26.0. The lowest BCUT2D eigenvalue weighted by molar-refractivity contribution is -0.149. The summed E-state index contributed by atoms with van der Waals surface area (Å²) in [6.45, 7) is 6.76. The van der Waals surface area contributed by atoms with Crippen LogP contribution in [-0.4, -0.2) is 195 Å². The van der Waals surface area contributed by atoms with Crippen molar-refractivity contribution < 1.29 is 84.3 Å². The maximum atomic E-state index is 14.4. The zero-order chi connectivity index (χ0) is 55.8. The highest BCUT2D eigenvalue weighted by atomic mass is 16.3. The molecule has 0 aliphatic carbocycles. The summed E-state index contributed by atoms with van der Waals surface area (Å²) in [6, 6.07) is -7.37. The van der Waals surface area contributed by atoms with Gasteiger partial charge < -0.3 is 88.1 Å². The van der Waals surface area contributed by atoms with Gasteiger partial charge in [0, 0.05) is 32.4 Å². The molecule has 0 saturated carbocycles. The number of fused-ring (bicyclic) bond motifs is 2. The summed E-state index contributed by atoms with van der Waals surface area (Å²) in [7, 11) is 0. The molecule has 16 atom stereocenters. The fourth-order valence-electron chi connectivity index (χ4n) is 9.79. The highest BCUT2D eigenvalue weighted by Gasteiger charge is 2.49. The van der Waals surface area contributed by atoms with E-state index in [0.29, 0.717) is 29.6 Å². The fraction of sp³-hybridized carbons (Fsp3) is 0.720. The number of nitrogens with one attached hydrogen (secondary N) is 5. The summed E-state index contributed by atoms with van der Waals surface area (Å²) in [6.07, 6.45) is -10.2. The molecule has 0 radical (unpaired) electrons. The highest BCUT2D eigenvalue weighted by Crippen LogP contribution is 2.27. The molecule has 75 heavy (non-hydrogen) atoms. The third kappa shape index (κ3) is 17.8. The van der Waals surface area contributed by atoms with Crippen molar-refractivity contribution in [1.29, 1.82) is 0 Å². The van der Waals surface area contributed by atoms with E-state index in [2.05, 4.69) is 47.4 Å². The number of primary amides is 1. The first-order valence-corrected chi connectivity index (χ1v) is 26.0. The monoisotopic (exact) mass is 1060 g/mol. The van der Waals surface area contributed by atoms with E-state index in [1.54, 1.807) is 0 Å². The Morgan fingerprint density at radius 1 is 0.720 bits per heavy atom. The van der Waals surface area contributed by atoms with Crippen LogP contribution in [0.5, 0.6) is 5.75 Å². The average molecular weight is 1070 g/mol. The number of phenolic OH excluding ortho intramolecular Hbond substituents is 1. The van der Waals surface area contributed by atoms with Crippen LogP contribution in [0.15, 0.2) is 24.3 Å². The van der Waals surface area contributed by atoms with Gasteiger partial charge in [-0.3, -0.25) is 38.4 Å². The van der Waals surface area contributed by atoms with Gasteiger partial charge in [0.05, 0.1) is 30.8 Å². The van der Waals surface area contributed by atoms with Crippen molar-refractivity contribution in [2.75, 3.05) is 13.1 Å². The summed E-state index contributed by atoms with van der Waals surface area (Å²) < 4.78 is 0. The number of hydrogen-bond acceptors (Lipinski definition) is 17. The smallest absolute Gasteiger partial charge is 0.248 e. The Morgan fingerprint density at radius 3 is 1.95 bits per heavy atom. The van der Waals surface area contributed by atoms with Gasteiger partial charge in [0.15, 0.2) is 6.23 Å². The number of carbonyl (C=O) groups excluding carboxylic acids is 8. The first kappa shape index (κ1) is 62.0. The third-order valence-electron chi connectivity index (χ3n) is 14.3. The molecule has 3 aliphatic rings. The van der Waals surface area contributed by atoms with Gasteiger partial charge >= 0.3 is 0 Å². The minimum atomic E-state index is -2.36. The molecular formula is C50H80N8O17. The number of aliphatic hydroxyl groups excluding tert-OH is 8. The molecule has 0 spiro atoms. The second-order valence-electron chi connectivity index (χ2n) is 20.6. The second-order valence-corrected chi connectivity index (χ2v) is 20.6. The van der Waals surface area contributed by atoms with E-state index >= 15 is 0 Å². The molecule has 3 aliphatic heterocycles. The third-order valence-corrected chi connectivity index (χ3v) is 14.3. The van der Waals surface area contributed by atoms with Gasteiger partial charge in [0.1, 0.15) is 60.3 Å². The second kappa shape index (κ2) is 29.1. The molecule has 1 aromatic carbocycles. The Morgan fingerprint density at radius 2 is 1.32 bits per heavy atom. The number of aromatic hydroxyl groups is 1. The predicted molar refractivity (Wildman–Crippen MR) is 265 cm³/mol. The number of hydrogen-bond donors (Lipinski definition) is 15. The minimum absolute atomic E-state index is 0.0795. The zero-order valence-corrected chi connectivity index (χ0v) is 43.1. The van der Waals surface area contributed by atoms with Crippen molar-refractivity contribution in [2.24, 2.45) is 17.6 Å². The van der Waals surface area contributed by atoms with E-state index in [0.717, 1.165) is 74.6 Å². The lowest BCUT2D eigenvalue weighted by Gasteiger charge is -2.34. The molecule has 25 nitrogen and oxygen atoms in total. The number of amides is 8. The molecule has 8 amide bonds. The molecule has 4 rings (SSSR count). The van der Waals surface area contributed by atoms with E-state index in [-0.39, 0.29) is 24.2 Å². The van der Waals surface area contributed by atoms with E-state index in [4.69, 9.17) is 5.73 Å². The van der Waals surface area contributed by atoms with E-state index in [9.17, 15) is 84.3 Å². The van der Waals surface area contributed by atoms with Crippen LogP contribution in [0, 0.1) is 11.8 Å². The van der Waals surface area contributed by atoms with Crippen molar-refractivity contribution in [1.82, 2.24) is 36.4 Å². The Hall–Kier alpha value is -5.54. The average Bonchev–Trinajstić information content (AvgIpc) is 3.95. The number of nitrogens with two attached hydrogens (primary N) is 1. The van der Waals surface area contributed by atoms with E-state index in [1.165, 1.54) is 6.42 Å². The van der Waals surface area contributed by atoms with Gasteiger partial charge in [0.2, 0.25) is 47.3 Å². The van der Waals surface area contributed by atoms with Crippen LogP contribution >= 0.6 is 0 Å². The molecule has 3 heterocycles. The maximum Gasteiger partial charge on any atom is 0.248 e. The van der Waals surface area contributed by atoms with Gasteiger partial charge in [-0.1, -0.05) is 77.8 Å². The maximum absolute atomic E-state index is 14.4. The molecule has 0 aromatic heterocycles. The number of rotatable bonds is 20. The largest absolute Gasteiger partial charge is 0.508 e. The van der Waals surface area contributed by atoms with Crippen LogP contribution in [0.4, 0.5) is 0 Å². The summed E-state index contributed by atoms with van der Waals surface area (Å²) in [4.78, 5) is 112. The van der Waals surface area contributed by atoms with Crippen LogP contribution < -0.4 is 32.3 Å². The van der Waals surface area contributed by atoms with E-state index in [1.807, 2.05) is 0 Å². The van der Waals surface area contributed by atoms with E-state index < -0.39 is 165 Å². The quantitative estimate of drug-likeness (QED) is 0.0568. The van der Waals surface area contributed by atoms with Gasteiger partial charge in [-0.05, 0) is 55.7 Å². The highest BCUT2D eigenvalue weighted by molar-refractivity contribution is 5.98. The molecule has 25 heteroatoms. The molecule has 3 fully saturated rings. The van der Waals surface area contributed by atoms with Gasteiger partial charge in [-0.25, -0.2) is 0 Å². The van der Waals surface area contributed by atoms with Gasteiger partial charge in [-0.15, -0.1) is 0 Å². The van der Waals surface area contributed by atoms with Crippen molar-refractivity contribution in [3.05, 3.63) is 29.8 Å². The molecule has 3 saturated heterocycles. The predicted octanol–water partition coefficient (Wildman–Crippen LogP) is -3.34. The minimum Gasteiger partial charge on any atom is -0.508 e. The Labute approximate surface area is 436 Å². The van der Waals surface area contributed by atoms with Crippen LogP contribution in [0.1, 0.15) is 129 Å². The molecule has 10 unspecified atom stereocenters. The normalized spacial score (nSPS) is 29.0. The standard InChI is InChI=1S/C50H80N8O17/c1-5-25(2)20-26(3)12-10-8-6-7-9-11-13-37(66)52-31-22-35(64)46(71)56-48(73)41-33(62)18-19-57(41)50(75)39(34(63)23-36(51)65)54-47(72)40(43(68)42(67)28-14-16-29(60)17-15-28)55-45(70)32-21-30(61)24-58(32)49(74)38(27(4)59)53-44(31)69/h14-17,25-27,30-35,38-43,46,59-64,67-68,71H,5-13,18-24H2,1-4H3,(H2,51,65)(H,52,66)(H,53,69)(H,54,72)(H,55,70)(H,56,73)/t25?,26?,27-,30-,31?,32?,33+,34-,35-,38?,39?,40?,41?,42+,43?,46?/m1/s1. The molecule has 16 N–H and O–H groups in total. The van der Waals surface area contributed by atoms with Gasteiger partial charge in [-0.2, -0.15) is 0 Å². The summed E-state index contributed by atoms with van der Waals surface area (Å²) in [5.74, 6) is -8.59. The van der Waals surface area contributed by atoms with Gasteiger partial charge in [0.25, 0.3) is 0 Å². The van der Waals surface area contributed by atoms with Crippen molar-refractivity contribution in [2.45, 2.75) is 203 Å². The number of phenols is 1. The zero-order valence-electron chi connectivity index (χ0n) is 43.1. The summed E-state index contributed by atoms with van der Waals surface area (Å²) in [5, 5.41) is 110. The number of aliphatic hydroxyl groups is 8. The van der Waals surface area contributed by atoms with Crippen molar-refractivity contribution >= 4 is 47.3 Å². The SMILES string of the molecule is CCC(C)CC(C)CCCCCCCCC(=O)NC1C[C@@H](O)C(O)NC(=O)C2[C@@H](O)CCN2C(=O)C([C@H](O)CC(N)=O)NC(=O)C(C(O)[C@@H](O)c2ccc(O)cc2)NC(=O)C2C[C@@H](O)CN2C(=O)C([C@@H](C)O)NC1=O. The Kier molecular flexibility index (Phi) is 24.1. The number of carbonyl (C=O) groups is 8. The fourth-order valence-corrected chi connectivity index (χ4v) is 9.79. The van der Waals surface area contributed by atoms with Crippen molar-refractivity contribution in [3.63, 3.8) is 0 Å². The number of unbranched alkanes of at least 4 members (excludes halogenated alkanes) is 5. The van der Waals surface area contributed by atoms with Crippen LogP contribution in [-0.2, 0) is 38.4 Å². The van der Waals surface area contributed by atoms with Crippen LogP contribution in [0.3, 0.4) is 0 Å². The molecule has 422 valence electrons. The molecular weight excluding hydrogens is 985 g/mol. The van der Waals surface area contributed by atoms with Crippen molar-refractivity contribution in [3.8, 4) is 5.75 Å². The number of benzene rings is 1. The topological polar surface area (TPSA) is 411 Å². The van der Waals surface area contributed by atoms with Crippen LogP contribution in [0.25, 0.3) is 0 Å². The van der Waals surface area contributed by atoms with Crippen LogP contribution in [0.2, 0.25) is 0 Å². The Balaban J connectivity index is 1.69. The Bertz CT molecular complexity index is 2100. The molecule has 1 aromatic rings. The molecule has 0 bridgehead atoms. The lowest BCUT2D eigenvalue weighted by Crippen LogP contribution is -2.64. The number of nitrogens with zero attached hydrogens (tertiary/aromatic N) is 2.